The van der Waals surface area contributed by atoms with Crippen molar-refractivity contribution in [1.82, 2.24) is 4.90 Å². The zero-order valence-corrected chi connectivity index (χ0v) is 14.6. The van der Waals surface area contributed by atoms with E-state index in [4.69, 9.17) is 4.74 Å². The van der Waals surface area contributed by atoms with Crippen LogP contribution in [0.25, 0.3) is 11.1 Å². The van der Waals surface area contributed by atoms with Gasteiger partial charge in [0.1, 0.15) is 5.82 Å². The van der Waals surface area contributed by atoms with Crippen molar-refractivity contribution in [2.45, 2.75) is 32.3 Å². The smallest absolute Gasteiger partial charge is 0.253 e. The van der Waals surface area contributed by atoms with Crippen LogP contribution in [0.3, 0.4) is 0 Å². The molecule has 0 bridgehead atoms. The normalized spacial score (nSPS) is 17.5. The van der Waals surface area contributed by atoms with Gasteiger partial charge in [0.2, 0.25) is 0 Å². The molecule has 0 N–H and O–H groups in total. The van der Waals surface area contributed by atoms with Crippen molar-refractivity contribution >= 4 is 5.91 Å². The molecule has 1 heterocycles. The molecule has 2 aromatic rings. The minimum atomic E-state index is -0.260. The van der Waals surface area contributed by atoms with Gasteiger partial charge in [0.25, 0.3) is 5.91 Å². The predicted octanol–water partition coefficient (Wildman–Crippen LogP) is 4.52. The van der Waals surface area contributed by atoms with Crippen LogP contribution in [0.2, 0.25) is 0 Å². The van der Waals surface area contributed by atoms with Crippen LogP contribution in [-0.2, 0) is 4.74 Å². The third kappa shape index (κ3) is 4.45. The monoisotopic (exact) mass is 341 g/mol. The van der Waals surface area contributed by atoms with Gasteiger partial charge < -0.3 is 9.64 Å². The summed E-state index contributed by atoms with van der Waals surface area (Å²) in [5.74, 6) is -0.223. The highest BCUT2D eigenvalue weighted by molar-refractivity contribution is 5.94. The Hall–Kier alpha value is -2.20. The number of rotatable bonds is 5. The van der Waals surface area contributed by atoms with Crippen LogP contribution in [-0.4, -0.2) is 36.6 Å². The molecule has 2 aromatic carbocycles. The molecule has 132 valence electrons. The van der Waals surface area contributed by atoms with E-state index in [2.05, 4.69) is 6.92 Å². The summed E-state index contributed by atoms with van der Waals surface area (Å²) >= 11 is 0. The van der Waals surface area contributed by atoms with E-state index in [1.165, 1.54) is 12.1 Å². The maximum Gasteiger partial charge on any atom is 0.253 e. The molecule has 1 atom stereocenters. The molecule has 0 radical (unpaired) electrons. The fourth-order valence-electron chi connectivity index (χ4n) is 3.20. The van der Waals surface area contributed by atoms with Crippen LogP contribution in [0.15, 0.2) is 48.5 Å². The topological polar surface area (TPSA) is 29.5 Å². The average molecular weight is 341 g/mol. The maximum atomic E-state index is 13.4. The molecule has 0 saturated carbocycles. The molecule has 1 aliphatic rings. The third-order valence-electron chi connectivity index (χ3n) is 4.51. The van der Waals surface area contributed by atoms with Gasteiger partial charge in [-0.15, -0.1) is 0 Å². The summed E-state index contributed by atoms with van der Waals surface area (Å²) < 4.78 is 19.2. The molecule has 1 amide bonds. The predicted molar refractivity (Wildman–Crippen MR) is 97.0 cm³/mol. The number of ether oxygens (including phenoxy) is 1. The maximum absolute atomic E-state index is 13.4. The van der Waals surface area contributed by atoms with Crippen LogP contribution in [0, 0.1) is 5.82 Å². The summed E-state index contributed by atoms with van der Waals surface area (Å²) in [5, 5.41) is 0. The summed E-state index contributed by atoms with van der Waals surface area (Å²) in [6.07, 6.45) is 3.12. The highest BCUT2D eigenvalue weighted by atomic mass is 19.1. The summed E-state index contributed by atoms with van der Waals surface area (Å²) in [7, 11) is 0. The van der Waals surface area contributed by atoms with E-state index in [-0.39, 0.29) is 17.8 Å². The largest absolute Gasteiger partial charge is 0.376 e. The second-order valence-electron chi connectivity index (χ2n) is 6.47. The first-order chi connectivity index (χ1) is 12.2. The van der Waals surface area contributed by atoms with Crippen molar-refractivity contribution in [3.8, 4) is 11.1 Å². The Labute approximate surface area is 148 Å². The fourth-order valence-corrected chi connectivity index (χ4v) is 3.20. The molecular formula is C21H24FNO2. The van der Waals surface area contributed by atoms with E-state index in [0.29, 0.717) is 12.1 Å². The van der Waals surface area contributed by atoms with Crippen molar-refractivity contribution in [1.29, 1.82) is 0 Å². The van der Waals surface area contributed by atoms with Crippen molar-refractivity contribution in [2.75, 3.05) is 19.7 Å². The molecule has 3 nitrogen and oxygen atoms in total. The highest BCUT2D eigenvalue weighted by Gasteiger charge is 2.24. The van der Waals surface area contributed by atoms with Crippen LogP contribution in [0.5, 0.6) is 0 Å². The minimum Gasteiger partial charge on any atom is -0.376 e. The lowest BCUT2D eigenvalue weighted by molar-refractivity contribution is 0.00211. The summed E-state index contributed by atoms with van der Waals surface area (Å²) in [6.45, 7) is 4.27. The molecule has 1 fully saturated rings. The highest BCUT2D eigenvalue weighted by Crippen LogP contribution is 2.22. The van der Waals surface area contributed by atoms with E-state index in [0.717, 1.165) is 43.5 Å². The number of hydrogen-bond donors (Lipinski definition) is 0. The first-order valence-corrected chi connectivity index (χ1v) is 8.94. The van der Waals surface area contributed by atoms with Crippen LogP contribution < -0.4 is 0 Å². The Bertz CT molecular complexity index is 714. The van der Waals surface area contributed by atoms with E-state index in [1.54, 1.807) is 6.07 Å². The van der Waals surface area contributed by atoms with Gasteiger partial charge in [-0.05, 0) is 54.7 Å². The SMILES string of the molecule is CCCO[C@H]1CCCN(C(=O)c2ccc(-c3cccc(F)c3)cc2)C1. The first-order valence-electron chi connectivity index (χ1n) is 8.94. The molecule has 1 saturated heterocycles. The minimum absolute atomic E-state index is 0.0376. The van der Waals surface area contributed by atoms with Crippen LogP contribution in [0.4, 0.5) is 4.39 Å². The lowest BCUT2D eigenvalue weighted by atomic mass is 10.0. The van der Waals surface area contributed by atoms with E-state index < -0.39 is 0 Å². The second-order valence-corrected chi connectivity index (χ2v) is 6.47. The van der Waals surface area contributed by atoms with Crippen molar-refractivity contribution < 1.29 is 13.9 Å². The average Bonchev–Trinajstić information content (AvgIpc) is 2.66. The van der Waals surface area contributed by atoms with Gasteiger partial charge in [-0.3, -0.25) is 4.79 Å². The number of halogens is 1. The number of amides is 1. The van der Waals surface area contributed by atoms with Crippen LogP contribution in [0.1, 0.15) is 36.5 Å². The number of piperidine rings is 1. The molecule has 3 rings (SSSR count). The lowest BCUT2D eigenvalue weighted by Gasteiger charge is -2.32. The van der Waals surface area contributed by atoms with E-state index in [9.17, 15) is 9.18 Å². The fraction of sp³-hybridized carbons (Fsp3) is 0.381. The number of carbonyl (C=O) groups excluding carboxylic acids is 1. The molecule has 0 aromatic heterocycles. The van der Waals surface area contributed by atoms with Crippen molar-refractivity contribution in [3.05, 3.63) is 59.9 Å². The van der Waals surface area contributed by atoms with Crippen molar-refractivity contribution in [2.24, 2.45) is 0 Å². The first kappa shape index (κ1) is 17.6. The van der Waals surface area contributed by atoms with Crippen LogP contribution >= 0.6 is 0 Å². The molecule has 0 spiro atoms. The zero-order chi connectivity index (χ0) is 17.6. The van der Waals surface area contributed by atoms with Crippen molar-refractivity contribution in [3.63, 3.8) is 0 Å². The molecular weight excluding hydrogens is 317 g/mol. The number of likely N-dealkylation sites (tertiary alicyclic amines) is 1. The summed E-state index contributed by atoms with van der Waals surface area (Å²) in [5.41, 5.74) is 2.38. The number of hydrogen-bond acceptors (Lipinski definition) is 2. The number of benzene rings is 2. The third-order valence-corrected chi connectivity index (χ3v) is 4.51. The Morgan fingerprint density at radius 1 is 1.20 bits per heavy atom. The van der Waals surface area contributed by atoms with Gasteiger partial charge in [-0.2, -0.15) is 0 Å². The summed E-state index contributed by atoms with van der Waals surface area (Å²) in [6, 6.07) is 13.9. The lowest BCUT2D eigenvalue weighted by Crippen LogP contribution is -2.43. The van der Waals surface area contributed by atoms with Gasteiger partial charge >= 0.3 is 0 Å². The van der Waals surface area contributed by atoms with Gasteiger partial charge in [0, 0.05) is 25.3 Å². The molecule has 25 heavy (non-hydrogen) atoms. The zero-order valence-electron chi connectivity index (χ0n) is 14.6. The molecule has 0 unspecified atom stereocenters. The van der Waals surface area contributed by atoms with Gasteiger partial charge in [0.05, 0.1) is 6.10 Å². The van der Waals surface area contributed by atoms with Gasteiger partial charge in [-0.25, -0.2) is 4.39 Å². The Kier molecular flexibility index (Phi) is 5.82. The number of carbonyl (C=O) groups is 1. The second kappa shape index (κ2) is 8.26. The summed E-state index contributed by atoms with van der Waals surface area (Å²) in [4.78, 5) is 14.6. The molecule has 1 aliphatic heterocycles. The van der Waals surface area contributed by atoms with E-state index in [1.807, 2.05) is 35.2 Å². The van der Waals surface area contributed by atoms with Gasteiger partial charge in [0.15, 0.2) is 0 Å². The Balaban J connectivity index is 1.68. The number of nitrogens with zero attached hydrogens (tertiary/aromatic N) is 1. The van der Waals surface area contributed by atoms with E-state index >= 15 is 0 Å². The molecule has 0 aliphatic carbocycles. The Morgan fingerprint density at radius 3 is 2.72 bits per heavy atom. The quantitative estimate of drug-likeness (QED) is 0.800. The Morgan fingerprint density at radius 2 is 2.00 bits per heavy atom. The molecule has 4 heteroatoms. The van der Waals surface area contributed by atoms with Gasteiger partial charge in [-0.1, -0.05) is 31.2 Å². The standard InChI is InChI=1S/C21H24FNO2/c1-2-13-25-20-7-4-12-23(15-20)21(24)17-10-8-16(9-11-17)18-5-3-6-19(22)14-18/h3,5-6,8-11,14,20H,2,4,7,12-13,15H2,1H3/t20-/m0/s1.